The maximum atomic E-state index is 11.7. The van der Waals surface area contributed by atoms with E-state index in [4.69, 9.17) is 14.9 Å². The number of rotatable bonds is 10. The molecule has 10 heteroatoms. The Morgan fingerprint density at radius 3 is 2.18 bits per heavy atom. The Labute approximate surface area is 126 Å². The molecule has 0 spiro atoms. The predicted molar refractivity (Wildman–Crippen MR) is 70.7 cm³/mol. The Bertz CT molecular complexity index is 389. The van der Waals surface area contributed by atoms with Crippen LogP contribution in [0.5, 0.6) is 0 Å². The monoisotopic (exact) mass is 323 g/mol. The van der Waals surface area contributed by atoms with E-state index < -0.39 is 55.0 Å². The Morgan fingerprint density at radius 1 is 1.23 bits per heavy atom. The third-order valence-electron chi connectivity index (χ3n) is 2.85. The predicted octanol–water partition coefficient (Wildman–Crippen LogP) is -3.38. The zero-order valence-corrected chi connectivity index (χ0v) is 12.1. The number of hydrogen-bond acceptors (Lipinski definition) is 8. The number of carbonyl (C=O) groups excluding carboxylic acids is 2. The van der Waals surface area contributed by atoms with Crippen molar-refractivity contribution in [1.29, 1.82) is 0 Å². The van der Waals surface area contributed by atoms with Crippen LogP contribution in [0.15, 0.2) is 0 Å². The van der Waals surface area contributed by atoms with Crippen LogP contribution in [-0.4, -0.2) is 86.9 Å². The lowest BCUT2D eigenvalue weighted by Crippen LogP contribution is -2.52. The van der Waals surface area contributed by atoms with Crippen LogP contribution in [-0.2, 0) is 19.1 Å². The van der Waals surface area contributed by atoms with Crippen LogP contribution in [0, 0.1) is 0 Å². The van der Waals surface area contributed by atoms with Gasteiger partial charge in [-0.3, -0.25) is 9.59 Å². The molecular weight excluding hydrogens is 302 g/mol. The number of aliphatic carboxylic acids is 1. The standard InChI is InChI=1S/C12H21NO9/c1-5(12(20)21)13-11(19)6(2)22-10(8(17)4-15)9(18)7(16)3-14/h4-10,14,16-18H,3H2,1-2H3,(H,13,19)(H,20,21)/t5-,6+,7+,8+,9+,10-/m0/s1. The molecule has 22 heavy (non-hydrogen) atoms. The smallest absolute Gasteiger partial charge is 0.325 e. The Balaban J connectivity index is 4.88. The van der Waals surface area contributed by atoms with Gasteiger partial charge in [-0.1, -0.05) is 0 Å². The number of carboxylic acid groups (broad SMARTS) is 1. The van der Waals surface area contributed by atoms with Gasteiger partial charge in [0.1, 0.15) is 36.6 Å². The Hall–Kier alpha value is -1.59. The van der Waals surface area contributed by atoms with Crippen LogP contribution in [0.25, 0.3) is 0 Å². The van der Waals surface area contributed by atoms with E-state index in [2.05, 4.69) is 5.32 Å². The van der Waals surface area contributed by atoms with E-state index >= 15 is 0 Å². The van der Waals surface area contributed by atoms with E-state index in [0.717, 1.165) is 0 Å². The fourth-order valence-corrected chi connectivity index (χ4v) is 1.46. The van der Waals surface area contributed by atoms with Crippen molar-refractivity contribution >= 4 is 18.2 Å². The molecule has 0 rings (SSSR count). The summed E-state index contributed by atoms with van der Waals surface area (Å²) >= 11 is 0. The SMILES string of the molecule is C[C@H](NC(=O)[C@@H](C)O[C@H]([C@H](O)[C@H](O)CO)[C@H](O)C=O)C(=O)O. The van der Waals surface area contributed by atoms with Gasteiger partial charge in [0.25, 0.3) is 0 Å². The van der Waals surface area contributed by atoms with Crippen molar-refractivity contribution in [3.8, 4) is 0 Å². The minimum Gasteiger partial charge on any atom is -0.480 e. The molecule has 0 saturated heterocycles. The topological polar surface area (TPSA) is 174 Å². The summed E-state index contributed by atoms with van der Waals surface area (Å²) in [7, 11) is 0. The highest BCUT2D eigenvalue weighted by atomic mass is 16.5. The molecule has 0 aliphatic rings. The first kappa shape index (κ1) is 20.4. The zero-order valence-electron chi connectivity index (χ0n) is 12.1. The number of nitrogens with one attached hydrogen (secondary N) is 1. The third kappa shape index (κ3) is 6.03. The van der Waals surface area contributed by atoms with Gasteiger partial charge in [-0.25, -0.2) is 0 Å². The average Bonchev–Trinajstić information content (AvgIpc) is 2.49. The molecule has 0 aromatic carbocycles. The summed E-state index contributed by atoms with van der Waals surface area (Å²) in [5.74, 6) is -2.13. The molecule has 0 aliphatic heterocycles. The number of carbonyl (C=O) groups is 3. The van der Waals surface area contributed by atoms with Crippen molar-refractivity contribution in [2.45, 2.75) is 50.4 Å². The second-order valence-electron chi connectivity index (χ2n) is 4.68. The highest BCUT2D eigenvalue weighted by Crippen LogP contribution is 2.12. The lowest BCUT2D eigenvalue weighted by molar-refractivity contribution is -0.170. The van der Waals surface area contributed by atoms with Crippen molar-refractivity contribution < 1.29 is 44.7 Å². The van der Waals surface area contributed by atoms with Crippen LogP contribution in [0.2, 0.25) is 0 Å². The van der Waals surface area contributed by atoms with E-state index in [9.17, 15) is 29.7 Å². The van der Waals surface area contributed by atoms with Gasteiger partial charge >= 0.3 is 5.97 Å². The van der Waals surface area contributed by atoms with Crippen LogP contribution in [0.4, 0.5) is 0 Å². The first-order chi connectivity index (χ1) is 10.1. The molecule has 0 heterocycles. The van der Waals surface area contributed by atoms with Gasteiger partial charge in [-0.2, -0.15) is 0 Å². The first-order valence-corrected chi connectivity index (χ1v) is 6.44. The van der Waals surface area contributed by atoms with Gasteiger partial charge in [0.15, 0.2) is 6.29 Å². The molecule has 0 fully saturated rings. The highest BCUT2D eigenvalue weighted by molar-refractivity contribution is 5.85. The van der Waals surface area contributed by atoms with Crippen LogP contribution >= 0.6 is 0 Å². The average molecular weight is 323 g/mol. The maximum Gasteiger partial charge on any atom is 0.325 e. The minimum atomic E-state index is -1.86. The Kier molecular flexibility index (Phi) is 8.75. The van der Waals surface area contributed by atoms with E-state index in [1.165, 1.54) is 13.8 Å². The van der Waals surface area contributed by atoms with Crippen molar-refractivity contribution in [2.24, 2.45) is 0 Å². The molecule has 0 bridgehead atoms. The number of aliphatic hydroxyl groups is 4. The summed E-state index contributed by atoms with van der Waals surface area (Å²) < 4.78 is 5.02. The molecule has 10 nitrogen and oxygen atoms in total. The van der Waals surface area contributed by atoms with E-state index in [-0.39, 0.29) is 6.29 Å². The number of aliphatic hydroxyl groups excluding tert-OH is 4. The molecule has 6 atom stereocenters. The molecule has 0 aromatic rings. The quantitative estimate of drug-likeness (QED) is 0.224. The van der Waals surface area contributed by atoms with E-state index in [0.29, 0.717) is 0 Å². The van der Waals surface area contributed by atoms with Gasteiger partial charge in [0.05, 0.1) is 6.61 Å². The summed E-state index contributed by atoms with van der Waals surface area (Å²) in [4.78, 5) is 32.9. The van der Waals surface area contributed by atoms with Crippen LogP contribution in [0.3, 0.4) is 0 Å². The molecule has 6 N–H and O–H groups in total. The van der Waals surface area contributed by atoms with E-state index in [1.807, 2.05) is 0 Å². The molecular formula is C12H21NO9. The molecule has 128 valence electrons. The highest BCUT2D eigenvalue weighted by Gasteiger charge is 2.35. The third-order valence-corrected chi connectivity index (χ3v) is 2.85. The summed E-state index contributed by atoms with van der Waals surface area (Å²) in [6.07, 6.45) is -8.38. The van der Waals surface area contributed by atoms with Crippen molar-refractivity contribution in [2.75, 3.05) is 6.61 Å². The number of aldehydes is 1. The Morgan fingerprint density at radius 2 is 1.77 bits per heavy atom. The number of ether oxygens (including phenoxy) is 1. The number of hydrogen-bond donors (Lipinski definition) is 6. The van der Waals surface area contributed by atoms with Gasteiger partial charge < -0.3 is 40.4 Å². The largest absolute Gasteiger partial charge is 0.480 e. The molecule has 0 aromatic heterocycles. The molecule has 0 unspecified atom stereocenters. The lowest BCUT2D eigenvalue weighted by atomic mass is 10.0. The fourth-order valence-electron chi connectivity index (χ4n) is 1.46. The normalized spacial score (nSPS) is 19.4. The number of amides is 1. The summed E-state index contributed by atoms with van der Waals surface area (Å²) in [5.41, 5.74) is 0. The second kappa shape index (κ2) is 9.43. The second-order valence-corrected chi connectivity index (χ2v) is 4.68. The summed E-state index contributed by atoms with van der Waals surface area (Å²) in [6, 6.07) is -1.19. The van der Waals surface area contributed by atoms with Gasteiger partial charge in [-0.15, -0.1) is 0 Å². The van der Waals surface area contributed by atoms with Gasteiger partial charge in [-0.05, 0) is 13.8 Å². The molecule has 0 aliphatic carbocycles. The van der Waals surface area contributed by atoms with Gasteiger partial charge in [0.2, 0.25) is 5.91 Å². The van der Waals surface area contributed by atoms with E-state index in [1.54, 1.807) is 0 Å². The van der Waals surface area contributed by atoms with Crippen molar-refractivity contribution in [3.63, 3.8) is 0 Å². The van der Waals surface area contributed by atoms with Crippen molar-refractivity contribution in [1.82, 2.24) is 5.32 Å². The lowest BCUT2D eigenvalue weighted by Gasteiger charge is -2.29. The van der Waals surface area contributed by atoms with Crippen LogP contribution in [0.1, 0.15) is 13.8 Å². The summed E-state index contributed by atoms with van der Waals surface area (Å²) in [6.45, 7) is 1.56. The molecule has 0 saturated carbocycles. The maximum absolute atomic E-state index is 11.7. The van der Waals surface area contributed by atoms with Crippen molar-refractivity contribution in [3.05, 3.63) is 0 Å². The molecule has 0 radical (unpaired) electrons. The van der Waals surface area contributed by atoms with Gasteiger partial charge in [0, 0.05) is 0 Å². The zero-order chi connectivity index (χ0) is 17.4. The number of carboxylic acids is 1. The molecule has 1 amide bonds. The minimum absolute atomic E-state index is 0.0302. The summed E-state index contributed by atoms with van der Waals surface area (Å²) in [5, 5.41) is 48.0. The first-order valence-electron chi connectivity index (χ1n) is 6.44. The fraction of sp³-hybridized carbons (Fsp3) is 0.750. The van der Waals surface area contributed by atoms with Crippen LogP contribution < -0.4 is 5.32 Å².